The summed E-state index contributed by atoms with van der Waals surface area (Å²) < 4.78 is 5.21. The molecule has 0 aromatic carbocycles. The molecule has 88 valence electrons. The number of carbonyl (C=O) groups is 1. The van der Waals surface area contributed by atoms with Crippen LogP contribution in [0.5, 0.6) is 0 Å². The van der Waals surface area contributed by atoms with Crippen molar-refractivity contribution in [2.24, 2.45) is 11.3 Å². The lowest BCUT2D eigenvalue weighted by molar-refractivity contribution is -0.141. The fraction of sp³-hybridized carbons (Fsp3) is 0.769. The van der Waals surface area contributed by atoms with Gasteiger partial charge in [-0.25, -0.2) is 4.79 Å². The minimum Gasteiger partial charge on any atom is -0.462 e. The molecule has 2 heteroatoms. The van der Waals surface area contributed by atoms with E-state index < -0.39 is 0 Å². The number of hydrogen-bond donors (Lipinski definition) is 0. The highest BCUT2D eigenvalue weighted by atomic mass is 16.5. The zero-order valence-electron chi connectivity index (χ0n) is 10.7. The second kappa shape index (κ2) is 5.94. The van der Waals surface area contributed by atoms with Crippen molar-refractivity contribution in [3.05, 3.63) is 12.2 Å². The molecule has 0 heterocycles. The van der Waals surface area contributed by atoms with E-state index in [0.717, 1.165) is 6.42 Å². The zero-order chi connectivity index (χ0) is 12.1. The molecule has 1 unspecified atom stereocenters. The molecule has 0 aliphatic heterocycles. The smallest absolute Gasteiger partial charge is 0.333 e. The Morgan fingerprint density at radius 1 is 1.40 bits per heavy atom. The third kappa shape index (κ3) is 4.50. The van der Waals surface area contributed by atoms with Crippen LogP contribution < -0.4 is 0 Å². The lowest BCUT2D eigenvalue weighted by Gasteiger charge is -2.30. The summed E-state index contributed by atoms with van der Waals surface area (Å²) >= 11 is 0. The number of hydrogen-bond acceptors (Lipinski definition) is 2. The van der Waals surface area contributed by atoms with E-state index in [-0.39, 0.29) is 11.4 Å². The second-order valence-corrected chi connectivity index (χ2v) is 4.80. The van der Waals surface area contributed by atoms with Crippen molar-refractivity contribution in [1.82, 2.24) is 0 Å². The van der Waals surface area contributed by atoms with E-state index in [0.29, 0.717) is 24.5 Å². The van der Waals surface area contributed by atoms with Gasteiger partial charge >= 0.3 is 5.97 Å². The van der Waals surface area contributed by atoms with E-state index in [1.54, 1.807) is 0 Å². The summed E-state index contributed by atoms with van der Waals surface area (Å²) in [6.45, 7) is 14.7. The molecule has 0 rings (SSSR count). The molecular formula is C13H24O2. The standard InChI is InChI=1S/C13H24O2/c1-7-10(3)12(14)15-9-11(4)13(5,6)8-2/h11H,3,7-9H2,1-2,4-6H3. The minimum absolute atomic E-state index is 0.216. The molecule has 0 radical (unpaired) electrons. The van der Waals surface area contributed by atoms with Gasteiger partial charge in [-0.05, 0) is 17.8 Å². The molecule has 0 amide bonds. The molecule has 15 heavy (non-hydrogen) atoms. The number of rotatable bonds is 6. The monoisotopic (exact) mass is 212 g/mol. The SMILES string of the molecule is C=C(CC)C(=O)OCC(C)C(C)(C)CC. The minimum atomic E-state index is -0.253. The Labute approximate surface area is 93.7 Å². The van der Waals surface area contributed by atoms with Crippen LogP contribution in [0.25, 0.3) is 0 Å². The molecule has 1 atom stereocenters. The van der Waals surface area contributed by atoms with Crippen LogP contribution in [0.1, 0.15) is 47.5 Å². The third-order valence-corrected chi connectivity index (χ3v) is 3.43. The van der Waals surface area contributed by atoms with Gasteiger partial charge in [0.1, 0.15) is 0 Å². The summed E-state index contributed by atoms with van der Waals surface area (Å²) in [7, 11) is 0. The molecule has 0 aromatic rings. The maximum Gasteiger partial charge on any atom is 0.333 e. The predicted molar refractivity (Wildman–Crippen MR) is 63.6 cm³/mol. The van der Waals surface area contributed by atoms with Crippen LogP contribution in [-0.4, -0.2) is 12.6 Å². The Morgan fingerprint density at radius 2 is 1.93 bits per heavy atom. The maximum atomic E-state index is 11.4. The average Bonchev–Trinajstić information content (AvgIpc) is 2.23. The molecule has 0 aromatic heterocycles. The van der Waals surface area contributed by atoms with Gasteiger partial charge in [0.05, 0.1) is 6.61 Å². The fourth-order valence-corrected chi connectivity index (χ4v) is 1.02. The topological polar surface area (TPSA) is 26.3 Å². The molecule has 0 bridgehead atoms. The highest BCUT2D eigenvalue weighted by molar-refractivity contribution is 5.87. The average molecular weight is 212 g/mol. The van der Waals surface area contributed by atoms with E-state index in [9.17, 15) is 4.79 Å². The first-order chi connectivity index (χ1) is 6.85. The van der Waals surface area contributed by atoms with Crippen molar-refractivity contribution in [2.45, 2.75) is 47.5 Å². The van der Waals surface area contributed by atoms with Gasteiger partial charge in [0.2, 0.25) is 0 Å². The lowest BCUT2D eigenvalue weighted by atomic mass is 9.78. The highest BCUT2D eigenvalue weighted by Crippen LogP contribution is 2.30. The Balaban J connectivity index is 4.06. The Hall–Kier alpha value is -0.790. The summed E-state index contributed by atoms with van der Waals surface area (Å²) in [4.78, 5) is 11.4. The number of ether oxygens (including phenoxy) is 1. The zero-order valence-corrected chi connectivity index (χ0v) is 10.7. The first-order valence-corrected chi connectivity index (χ1v) is 5.70. The quantitative estimate of drug-likeness (QED) is 0.497. The third-order valence-electron chi connectivity index (χ3n) is 3.43. The van der Waals surface area contributed by atoms with Crippen molar-refractivity contribution in [1.29, 1.82) is 0 Å². The molecule has 2 nitrogen and oxygen atoms in total. The van der Waals surface area contributed by atoms with Crippen LogP contribution in [-0.2, 0) is 9.53 Å². The Bertz CT molecular complexity index is 229. The van der Waals surface area contributed by atoms with Gasteiger partial charge in [-0.3, -0.25) is 0 Å². The van der Waals surface area contributed by atoms with Crippen molar-refractivity contribution < 1.29 is 9.53 Å². The summed E-state index contributed by atoms with van der Waals surface area (Å²) in [6.07, 6.45) is 1.74. The van der Waals surface area contributed by atoms with Gasteiger partial charge < -0.3 is 4.74 Å². The molecule has 0 fully saturated rings. The molecule has 0 aliphatic rings. The van der Waals surface area contributed by atoms with Gasteiger partial charge in [-0.1, -0.05) is 47.6 Å². The predicted octanol–water partition coefficient (Wildman–Crippen LogP) is 3.57. The highest BCUT2D eigenvalue weighted by Gasteiger charge is 2.24. The Kier molecular flexibility index (Phi) is 5.63. The van der Waals surface area contributed by atoms with Crippen molar-refractivity contribution >= 4 is 5.97 Å². The first kappa shape index (κ1) is 14.2. The van der Waals surface area contributed by atoms with Gasteiger partial charge in [0.15, 0.2) is 0 Å². The van der Waals surface area contributed by atoms with E-state index in [4.69, 9.17) is 4.74 Å². The molecule has 0 saturated carbocycles. The molecule has 0 spiro atoms. The van der Waals surface area contributed by atoms with Crippen molar-refractivity contribution in [3.63, 3.8) is 0 Å². The van der Waals surface area contributed by atoms with E-state index in [1.807, 2.05) is 6.92 Å². The maximum absolute atomic E-state index is 11.4. The van der Waals surface area contributed by atoms with Gasteiger partial charge in [0.25, 0.3) is 0 Å². The number of carbonyl (C=O) groups excluding carboxylic acids is 1. The largest absolute Gasteiger partial charge is 0.462 e. The van der Waals surface area contributed by atoms with Crippen LogP contribution in [0.4, 0.5) is 0 Å². The van der Waals surface area contributed by atoms with Crippen molar-refractivity contribution in [2.75, 3.05) is 6.61 Å². The van der Waals surface area contributed by atoms with Crippen LogP contribution in [0.15, 0.2) is 12.2 Å². The normalized spacial score (nSPS) is 13.4. The van der Waals surface area contributed by atoms with Crippen LogP contribution in [0, 0.1) is 11.3 Å². The van der Waals surface area contributed by atoms with E-state index in [2.05, 4.69) is 34.3 Å². The van der Waals surface area contributed by atoms with Crippen LogP contribution in [0.2, 0.25) is 0 Å². The summed E-state index contributed by atoms with van der Waals surface area (Å²) in [5.74, 6) is 0.118. The molecule has 0 aliphatic carbocycles. The van der Waals surface area contributed by atoms with Gasteiger partial charge in [0, 0.05) is 5.57 Å². The lowest BCUT2D eigenvalue weighted by Crippen LogP contribution is -2.26. The Morgan fingerprint density at radius 3 is 2.33 bits per heavy atom. The summed E-state index contributed by atoms with van der Waals surface area (Å²) in [6, 6.07) is 0. The summed E-state index contributed by atoms with van der Waals surface area (Å²) in [5.41, 5.74) is 0.768. The fourth-order valence-electron chi connectivity index (χ4n) is 1.02. The molecule has 0 saturated heterocycles. The molecular weight excluding hydrogens is 188 g/mol. The second-order valence-electron chi connectivity index (χ2n) is 4.80. The molecule has 0 N–H and O–H groups in total. The van der Waals surface area contributed by atoms with Gasteiger partial charge in [-0.15, -0.1) is 0 Å². The van der Waals surface area contributed by atoms with E-state index in [1.165, 1.54) is 0 Å². The van der Waals surface area contributed by atoms with Crippen molar-refractivity contribution in [3.8, 4) is 0 Å². The van der Waals surface area contributed by atoms with Crippen LogP contribution in [0.3, 0.4) is 0 Å². The van der Waals surface area contributed by atoms with Gasteiger partial charge in [-0.2, -0.15) is 0 Å². The first-order valence-electron chi connectivity index (χ1n) is 5.70. The van der Waals surface area contributed by atoms with E-state index >= 15 is 0 Å². The van der Waals surface area contributed by atoms with Crippen LogP contribution >= 0.6 is 0 Å². The summed E-state index contributed by atoms with van der Waals surface area (Å²) in [5, 5.41) is 0. The number of esters is 1.